The van der Waals surface area contributed by atoms with Crippen molar-refractivity contribution < 1.29 is 76.3 Å². The first-order valence-corrected chi connectivity index (χ1v) is 26.8. The first-order valence-electron chi connectivity index (χ1n) is 26.8. The Bertz CT molecular complexity index is 2290. The van der Waals surface area contributed by atoms with Crippen LogP contribution in [0.2, 0.25) is 0 Å². The number of esters is 8. The van der Waals surface area contributed by atoms with Gasteiger partial charge < -0.3 is 37.9 Å². The van der Waals surface area contributed by atoms with Gasteiger partial charge in [0.1, 0.15) is 0 Å². The number of hydrogen-bond acceptors (Lipinski definition) is 16. The lowest BCUT2D eigenvalue weighted by Gasteiger charge is -2.11. The fourth-order valence-corrected chi connectivity index (χ4v) is 6.78. The number of unbranched alkanes of at least 4 members (excludes halogenated alkanes) is 4. The predicted molar refractivity (Wildman–Crippen MR) is 298 cm³/mol. The molecule has 78 heavy (non-hydrogen) atoms. The zero-order valence-electron chi connectivity index (χ0n) is 48.0. The molecule has 0 atom stereocenters. The minimum atomic E-state index is -0.550. The zero-order chi connectivity index (χ0) is 58.4. The van der Waals surface area contributed by atoms with E-state index in [0.29, 0.717) is 38.3 Å². The molecule has 0 bridgehead atoms. The summed E-state index contributed by atoms with van der Waals surface area (Å²) in [7, 11) is 2.52. The number of carbonyl (C=O) groups is 8. The summed E-state index contributed by atoms with van der Waals surface area (Å²) in [6.07, 6.45) is 8.48. The number of ether oxygens (including phenoxy) is 8. The van der Waals surface area contributed by atoms with Crippen LogP contribution in [0.4, 0.5) is 0 Å². The number of methoxy groups -OCH3 is 2. The van der Waals surface area contributed by atoms with Crippen LogP contribution < -0.4 is 0 Å². The zero-order valence-corrected chi connectivity index (χ0v) is 48.0. The molecule has 0 saturated heterocycles. The smallest absolute Gasteiger partial charge is 0.339 e. The van der Waals surface area contributed by atoms with Gasteiger partial charge in [0.25, 0.3) is 0 Å². The van der Waals surface area contributed by atoms with E-state index in [1.165, 1.54) is 39.2 Å². The van der Waals surface area contributed by atoms with E-state index in [0.717, 1.165) is 38.5 Å². The lowest BCUT2D eigenvalue weighted by molar-refractivity contribution is 0.0412. The van der Waals surface area contributed by atoms with Gasteiger partial charge in [0, 0.05) is 0 Å². The topological polar surface area (TPSA) is 210 Å². The van der Waals surface area contributed by atoms with Gasteiger partial charge in [-0.05, 0) is 98.9 Å². The fourth-order valence-electron chi connectivity index (χ4n) is 6.78. The number of carbonyl (C=O) groups excluding carboxylic acids is 8. The third-order valence-electron chi connectivity index (χ3n) is 10.8. The van der Waals surface area contributed by atoms with Gasteiger partial charge in [-0.1, -0.05) is 142 Å². The van der Waals surface area contributed by atoms with Crippen LogP contribution in [0.15, 0.2) is 97.1 Å². The highest BCUT2D eigenvalue weighted by molar-refractivity contribution is 6.05. The lowest BCUT2D eigenvalue weighted by Crippen LogP contribution is -2.17. The van der Waals surface area contributed by atoms with Crippen LogP contribution in [0.3, 0.4) is 0 Å². The van der Waals surface area contributed by atoms with Crippen molar-refractivity contribution in [2.45, 2.75) is 121 Å². The van der Waals surface area contributed by atoms with Gasteiger partial charge in [-0.3, -0.25) is 0 Å². The SMILES string of the molecule is CC(C)CCCCCOC(=O)c1ccccc1C(=O)OCCCCCC(C)C.CC(C)COC(=O)c1ccccc1C(=O)OCC(C)C.CCOC(=O)c1ccccc1C(=O)OCC.COC(=O)c1ccccc1C(=O)OC. The molecule has 0 saturated carbocycles. The molecule has 0 fully saturated rings. The summed E-state index contributed by atoms with van der Waals surface area (Å²) in [5, 5.41) is 0. The highest BCUT2D eigenvalue weighted by atomic mass is 16.6. The number of rotatable bonds is 26. The van der Waals surface area contributed by atoms with Gasteiger partial charge in [0.05, 0.1) is 98.4 Å². The maximum Gasteiger partial charge on any atom is 0.339 e. The van der Waals surface area contributed by atoms with Gasteiger partial charge in [0.2, 0.25) is 0 Å². The van der Waals surface area contributed by atoms with Crippen molar-refractivity contribution in [3.63, 3.8) is 0 Å². The number of benzene rings is 4. The lowest BCUT2D eigenvalue weighted by atomic mass is 10.1. The maximum atomic E-state index is 12.4. The molecule has 0 N–H and O–H groups in total. The Hall–Kier alpha value is -7.36. The van der Waals surface area contributed by atoms with E-state index >= 15 is 0 Å². The minimum Gasteiger partial charge on any atom is -0.465 e. The molecule has 0 aromatic heterocycles. The average molecular weight is 1090 g/mol. The van der Waals surface area contributed by atoms with Crippen LogP contribution in [-0.2, 0) is 37.9 Å². The predicted octanol–water partition coefficient (Wildman–Crippen LogP) is 13.0. The Morgan fingerprint density at radius 2 is 0.538 bits per heavy atom. The Morgan fingerprint density at radius 3 is 0.756 bits per heavy atom. The van der Waals surface area contributed by atoms with Gasteiger partial charge in [-0.2, -0.15) is 0 Å². The maximum absolute atomic E-state index is 12.4. The Balaban J connectivity index is 0.000000539. The van der Waals surface area contributed by atoms with Crippen molar-refractivity contribution in [1.82, 2.24) is 0 Å². The summed E-state index contributed by atoms with van der Waals surface area (Å²) in [4.78, 5) is 94.2. The van der Waals surface area contributed by atoms with Crippen LogP contribution in [0, 0.1) is 23.7 Å². The van der Waals surface area contributed by atoms with Gasteiger partial charge in [-0.25, -0.2) is 38.4 Å². The molecule has 4 aromatic rings. The standard InChI is InChI=1S/C24H38O4.C16H22O4.C12H14O4.C10H10O4/c1-19(2)13-7-5-11-17-27-23(25)21-15-9-10-16-22(21)24(26)28-18-12-6-8-14-20(3)4;1-11(2)9-19-15(17)13-7-5-6-8-14(13)16(18)20-10-12(3)4;1-3-15-11(13)9-7-5-6-8-10(9)12(14)16-4-2;1-13-9(11)7-5-3-4-6-8(7)10(12)14-2/h9-10,15-16,19-20H,5-8,11-14,17-18H2,1-4H3;5-8,11-12H,9-10H2,1-4H3;5-8H,3-4H2,1-2H3;3-6H,1-2H3. The summed E-state index contributed by atoms with van der Waals surface area (Å²) < 4.78 is 39.8. The van der Waals surface area contributed by atoms with Gasteiger partial charge >= 0.3 is 47.8 Å². The molecule has 16 nitrogen and oxygen atoms in total. The first-order chi connectivity index (χ1) is 37.2. The van der Waals surface area contributed by atoms with Crippen LogP contribution in [0.25, 0.3) is 0 Å². The molecule has 0 aliphatic carbocycles. The van der Waals surface area contributed by atoms with E-state index in [2.05, 4.69) is 37.2 Å². The summed E-state index contributed by atoms with van der Waals surface area (Å²) in [6.45, 7) is 22.1. The van der Waals surface area contributed by atoms with E-state index in [-0.39, 0.29) is 69.6 Å². The molecular formula is C62H84O16. The molecule has 0 unspecified atom stereocenters. The molecular weight excluding hydrogens is 1000 g/mol. The van der Waals surface area contributed by atoms with Crippen molar-refractivity contribution in [2.75, 3.05) is 53.9 Å². The highest BCUT2D eigenvalue weighted by Gasteiger charge is 2.22. The monoisotopic (exact) mass is 1080 g/mol. The molecule has 16 heteroatoms. The second-order valence-electron chi connectivity index (χ2n) is 19.3. The van der Waals surface area contributed by atoms with Gasteiger partial charge in [0.15, 0.2) is 0 Å². The molecule has 4 aromatic carbocycles. The van der Waals surface area contributed by atoms with E-state index < -0.39 is 47.8 Å². The first kappa shape index (κ1) is 68.7. The van der Waals surface area contributed by atoms with E-state index in [4.69, 9.17) is 28.4 Å². The van der Waals surface area contributed by atoms with Crippen molar-refractivity contribution in [3.8, 4) is 0 Å². The second kappa shape index (κ2) is 39.9. The normalized spacial score (nSPS) is 10.4. The van der Waals surface area contributed by atoms with E-state index in [1.807, 2.05) is 27.7 Å². The van der Waals surface area contributed by atoms with E-state index in [9.17, 15) is 38.4 Å². The summed E-state index contributed by atoms with van der Waals surface area (Å²) in [5.41, 5.74) is 1.97. The fraction of sp³-hybridized carbons (Fsp3) is 0.484. The number of hydrogen-bond donors (Lipinski definition) is 0. The van der Waals surface area contributed by atoms with Gasteiger partial charge in [-0.15, -0.1) is 0 Å². The van der Waals surface area contributed by atoms with Crippen LogP contribution >= 0.6 is 0 Å². The summed E-state index contributed by atoms with van der Waals surface area (Å²) >= 11 is 0. The van der Waals surface area contributed by atoms with Crippen molar-refractivity contribution in [2.24, 2.45) is 23.7 Å². The minimum absolute atomic E-state index is 0.210. The summed E-state index contributed by atoms with van der Waals surface area (Å²) in [6, 6.07) is 26.1. The van der Waals surface area contributed by atoms with Crippen LogP contribution in [0.5, 0.6) is 0 Å². The Kier molecular flexibility index (Phi) is 35.2. The largest absolute Gasteiger partial charge is 0.465 e. The summed E-state index contributed by atoms with van der Waals surface area (Å²) in [5.74, 6) is -2.09. The molecule has 428 valence electrons. The van der Waals surface area contributed by atoms with Crippen molar-refractivity contribution in [1.29, 1.82) is 0 Å². The molecule has 4 rings (SSSR count). The molecule has 0 aliphatic heterocycles. The van der Waals surface area contributed by atoms with Crippen LogP contribution in [-0.4, -0.2) is 102 Å². The van der Waals surface area contributed by atoms with Crippen molar-refractivity contribution in [3.05, 3.63) is 142 Å². The van der Waals surface area contributed by atoms with Crippen LogP contribution in [0.1, 0.15) is 203 Å². The second-order valence-corrected chi connectivity index (χ2v) is 19.3. The third-order valence-corrected chi connectivity index (χ3v) is 10.8. The Morgan fingerprint density at radius 1 is 0.308 bits per heavy atom. The molecule has 0 spiro atoms. The highest BCUT2D eigenvalue weighted by Crippen LogP contribution is 2.17. The molecule has 0 amide bonds. The van der Waals surface area contributed by atoms with Crippen molar-refractivity contribution >= 4 is 47.8 Å². The molecule has 0 radical (unpaired) electrons. The van der Waals surface area contributed by atoms with E-state index in [1.54, 1.807) is 98.8 Å². The molecule has 0 heterocycles. The molecule has 0 aliphatic rings. The Labute approximate surface area is 462 Å². The average Bonchev–Trinajstić information content (AvgIpc) is 3.43. The quantitative estimate of drug-likeness (QED) is 0.0325. The third kappa shape index (κ3) is 27.6.